The molecule has 1 aliphatic heterocycles. The van der Waals surface area contributed by atoms with E-state index >= 15 is 0 Å². The Morgan fingerprint density at radius 2 is 2.19 bits per heavy atom. The molecule has 0 saturated carbocycles. The molecule has 1 aromatic rings. The molecule has 0 aromatic carbocycles. The van der Waals surface area contributed by atoms with Crippen LogP contribution in [0.25, 0.3) is 0 Å². The highest BCUT2D eigenvalue weighted by Gasteiger charge is 2.24. The topological polar surface area (TPSA) is 83.9 Å². The van der Waals surface area contributed by atoms with Gasteiger partial charge in [-0.1, -0.05) is 13.8 Å². The largest absolute Gasteiger partial charge is 0.338 e. The lowest BCUT2D eigenvalue weighted by molar-refractivity contribution is 0.234. The summed E-state index contributed by atoms with van der Waals surface area (Å²) >= 11 is 0. The summed E-state index contributed by atoms with van der Waals surface area (Å²) in [4.78, 5) is 11.9. The van der Waals surface area contributed by atoms with Gasteiger partial charge in [-0.3, -0.25) is 0 Å². The summed E-state index contributed by atoms with van der Waals surface area (Å²) < 4.78 is 2.15. The van der Waals surface area contributed by atoms with Crippen LogP contribution in [0.15, 0.2) is 0 Å². The lowest BCUT2D eigenvalue weighted by atomic mass is 10.0. The molecule has 2 amide bonds. The highest BCUT2D eigenvalue weighted by molar-refractivity contribution is 5.74. The summed E-state index contributed by atoms with van der Waals surface area (Å²) in [5, 5.41) is 17.8. The van der Waals surface area contributed by atoms with Gasteiger partial charge in [0.1, 0.15) is 5.82 Å². The van der Waals surface area contributed by atoms with Crippen molar-refractivity contribution >= 4 is 6.03 Å². The van der Waals surface area contributed by atoms with Gasteiger partial charge < -0.3 is 20.5 Å². The number of urea groups is 1. The van der Waals surface area contributed by atoms with Crippen LogP contribution < -0.4 is 16.0 Å². The molecule has 0 unspecified atom stereocenters. The average Bonchev–Trinajstić information content (AvgIpc) is 2.67. The van der Waals surface area contributed by atoms with E-state index < -0.39 is 0 Å². The van der Waals surface area contributed by atoms with Crippen LogP contribution in [0.2, 0.25) is 0 Å². The molecule has 1 aromatic heterocycles. The molecule has 0 aliphatic carbocycles. The van der Waals surface area contributed by atoms with E-state index in [1.807, 2.05) is 6.92 Å². The van der Waals surface area contributed by atoms with Crippen molar-refractivity contribution in [2.75, 3.05) is 19.6 Å². The first-order valence-electron chi connectivity index (χ1n) is 7.78. The fourth-order valence-electron chi connectivity index (χ4n) is 2.62. The smallest absolute Gasteiger partial charge is 0.315 e. The molecule has 3 N–H and O–H groups in total. The first kappa shape index (κ1) is 15.8. The third-order valence-corrected chi connectivity index (χ3v) is 3.56. The van der Waals surface area contributed by atoms with Gasteiger partial charge in [0.2, 0.25) is 0 Å². The Hall–Kier alpha value is -1.63. The maximum atomic E-state index is 11.9. The molecule has 2 rings (SSSR count). The number of nitrogens with one attached hydrogen (secondary N) is 3. The predicted molar refractivity (Wildman–Crippen MR) is 81.0 cm³/mol. The molecule has 0 bridgehead atoms. The fourth-order valence-corrected chi connectivity index (χ4v) is 2.62. The van der Waals surface area contributed by atoms with Gasteiger partial charge in [0.15, 0.2) is 5.82 Å². The Kier molecular flexibility index (Phi) is 5.55. The second-order valence-corrected chi connectivity index (χ2v) is 5.81. The van der Waals surface area contributed by atoms with Crippen molar-refractivity contribution in [3.05, 3.63) is 11.6 Å². The summed E-state index contributed by atoms with van der Waals surface area (Å²) in [6.45, 7) is 9.50. The summed E-state index contributed by atoms with van der Waals surface area (Å²) in [5.41, 5.74) is 0. The number of nitrogens with zero attached hydrogens (tertiary/aromatic N) is 3. The summed E-state index contributed by atoms with van der Waals surface area (Å²) in [6, 6.07) is -0.247. The molecule has 7 nitrogen and oxygen atoms in total. The Balaban J connectivity index is 2.19. The number of carbonyl (C=O) groups is 1. The zero-order valence-electron chi connectivity index (χ0n) is 13.1. The Morgan fingerprint density at radius 1 is 1.38 bits per heavy atom. The van der Waals surface area contributed by atoms with Gasteiger partial charge in [0.25, 0.3) is 0 Å². The number of fused-ring (bicyclic) bond motifs is 1. The van der Waals surface area contributed by atoms with Crippen LogP contribution in [-0.2, 0) is 13.0 Å². The maximum absolute atomic E-state index is 11.9. The number of hydrogen-bond acceptors (Lipinski definition) is 4. The molecule has 1 atom stereocenters. The molecule has 2 heterocycles. The fraction of sp³-hybridized carbons (Fsp3) is 0.786. The summed E-state index contributed by atoms with van der Waals surface area (Å²) in [6.07, 6.45) is 1.73. The van der Waals surface area contributed by atoms with Crippen LogP contribution in [0.3, 0.4) is 0 Å². The van der Waals surface area contributed by atoms with E-state index in [1.165, 1.54) is 0 Å². The van der Waals surface area contributed by atoms with E-state index in [0.29, 0.717) is 12.5 Å². The normalized spacial score (nSPS) is 16.2. The second-order valence-electron chi connectivity index (χ2n) is 5.81. The number of carbonyl (C=O) groups excluding carboxylic acids is 1. The molecule has 7 heteroatoms. The van der Waals surface area contributed by atoms with E-state index in [-0.39, 0.29) is 12.1 Å². The molecule has 0 fully saturated rings. The van der Waals surface area contributed by atoms with Gasteiger partial charge in [-0.15, -0.1) is 10.2 Å². The van der Waals surface area contributed by atoms with Crippen LogP contribution in [0.4, 0.5) is 4.79 Å². The average molecular weight is 294 g/mol. The molecule has 21 heavy (non-hydrogen) atoms. The molecule has 118 valence electrons. The lowest BCUT2D eigenvalue weighted by Crippen LogP contribution is -2.39. The van der Waals surface area contributed by atoms with Gasteiger partial charge in [-0.2, -0.15) is 0 Å². The maximum Gasteiger partial charge on any atom is 0.315 e. The van der Waals surface area contributed by atoms with Crippen molar-refractivity contribution in [2.24, 2.45) is 5.92 Å². The third-order valence-electron chi connectivity index (χ3n) is 3.56. The molecular weight excluding hydrogens is 268 g/mol. The second kappa shape index (κ2) is 7.40. The Bertz CT molecular complexity index is 470. The van der Waals surface area contributed by atoms with Gasteiger partial charge in [-0.25, -0.2) is 4.79 Å². The molecular formula is C14H26N6O. The number of aromatic nitrogens is 3. The van der Waals surface area contributed by atoms with Crippen molar-refractivity contribution in [3.8, 4) is 0 Å². The van der Waals surface area contributed by atoms with Crippen molar-refractivity contribution in [1.82, 2.24) is 30.7 Å². The highest BCUT2D eigenvalue weighted by Crippen LogP contribution is 2.21. The van der Waals surface area contributed by atoms with Crippen molar-refractivity contribution in [1.29, 1.82) is 0 Å². The number of rotatable bonds is 5. The van der Waals surface area contributed by atoms with E-state index in [0.717, 1.165) is 44.1 Å². The van der Waals surface area contributed by atoms with Crippen LogP contribution in [0, 0.1) is 5.92 Å². The van der Waals surface area contributed by atoms with Gasteiger partial charge in [0, 0.05) is 32.6 Å². The number of amides is 2. The van der Waals surface area contributed by atoms with E-state index in [2.05, 4.69) is 44.6 Å². The van der Waals surface area contributed by atoms with Crippen LogP contribution in [-0.4, -0.2) is 40.4 Å². The minimum absolute atomic E-state index is 0.101. The highest BCUT2D eigenvalue weighted by atomic mass is 16.2. The Labute approximate surface area is 125 Å². The van der Waals surface area contributed by atoms with E-state index in [4.69, 9.17) is 0 Å². The first-order valence-corrected chi connectivity index (χ1v) is 7.78. The molecule has 0 saturated heterocycles. The predicted octanol–water partition coefficient (Wildman–Crippen LogP) is 0.830. The molecule has 0 radical (unpaired) electrons. The summed E-state index contributed by atoms with van der Waals surface area (Å²) in [5.74, 6) is 2.34. The van der Waals surface area contributed by atoms with Crippen LogP contribution >= 0.6 is 0 Å². The zero-order valence-corrected chi connectivity index (χ0v) is 13.1. The molecule has 1 aliphatic rings. The van der Waals surface area contributed by atoms with Gasteiger partial charge in [-0.05, 0) is 19.3 Å². The van der Waals surface area contributed by atoms with Crippen molar-refractivity contribution < 1.29 is 4.79 Å². The molecule has 0 spiro atoms. The monoisotopic (exact) mass is 294 g/mol. The Morgan fingerprint density at radius 3 is 2.90 bits per heavy atom. The van der Waals surface area contributed by atoms with Crippen LogP contribution in [0.1, 0.15) is 44.9 Å². The van der Waals surface area contributed by atoms with Gasteiger partial charge in [0.05, 0.1) is 6.04 Å². The van der Waals surface area contributed by atoms with Gasteiger partial charge >= 0.3 is 6.03 Å². The number of hydrogen-bond donors (Lipinski definition) is 3. The first-order chi connectivity index (χ1) is 10.1. The quantitative estimate of drug-likeness (QED) is 0.751. The lowest BCUT2D eigenvalue weighted by Gasteiger charge is -2.21. The van der Waals surface area contributed by atoms with E-state index in [1.54, 1.807) is 0 Å². The standard InChI is InChI=1S/C14H26N6O/c1-4-16-14(21)17-11(9-10(2)3)13-19-18-12-5-6-15-7-8-20(12)13/h10-11,15H,4-9H2,1-3H3,(H2,16,17,21)/t11-/m1/s1. The van der Waals surface area contributed by atoms with Crippen molar-refractivity contribution in [2.45, 2.75) is 46.2 Å². The summed E-state index contributed by atoms with van der Waals surface area (Å²) in [7, 11) is 0. The van der Waals surface area contributed by atoms with E-state index in [9.17, 15) is 4.79 Å². The SMILES string of the molecule is CCNC(=O)N[C@H](CC(C)C)c1nnc2n1CCNCC2. The van der Waals surface area contributed by atoms with Crippen molar-refractivity contribution in [3.63, 3.8) is 0 Å². The minimum atomic E-state index is -0.146. The third kappa shape index (κ3) is 4.17. The zero-order chi connectivity index (χ0) is 15.2. The van der Waals surface area contributed by atoms with Crippen LogP contribution in [0.5, 0.6) is 0 Å². The minimum Gasteiger partial charge on any atom is -0.338 e.